The van der Waals surface area contributed by atoms with Gasteiger partial charge in [-0.3, -0.25) is 10.2 Å². The molecule has 0 saturated carbocycles. The zero-order valence-corrected chi connectivity index (χ0v) is 12.9. The summed E-state index contributed by atoms with van der Waals surface area (Å²) < 4.78 is 5.38. The van der Waals surface area contributed by atoms with Crippen LogP contribution >= 0.6 is 0 Å². The fourth-order valence-electron chi connectivity index (χ4n) is 2.45. The van der Waals surface area contributed by atoms with E-state index in [0.717, 1.165) is 6.07 Å². The Morgan fingerprint density at radius 1 is 0.920 bits per heavy atom. The lowest BCUT2D eigenvalue weighted by Gasteiger charge is -2.11. The second-order valence-electron chi connectivity index (χ2n) is 5.22. The Morgan fingerprint density at radius 3 is 2.32 bits per heavy atom. The van der Waals surface area contributed by atoms with Gasteiger partial charge in [0.25, 0.3) is 5.91 Å². The maximum Gasteiger partial charge on any atom is 0.343 e. The van der Waals surface area contributed by atoms with Gasteiger partial charge in [-0.1, -0.05) is 24.3 Å². The summed E-state index contributed by atoms with van der Waals surface area (Å²) in [6, 6.07) is 13.5. The number of benzene rings is 3. The lowest BCUT2D eigenvalue weighted by Crippen LogP contribution is -2.30. The predicted octanol–water partition coefficient (Wildman–Crippen LogP) is 2.07. The third-order valence-corrected chi connectivity index (χ3v) is 3.67. The fourth-order valence-corrected chi connectivity index (χ4v) is 2.45. The van der Waals surface area contributed by atoms with Gasteiger partial charge < -0.3 is 14.9 Å². The highest BCUT2D eigenvalue weighted by Gasteiger charge is 2.16. The molecule has 3 aromatic carbocycles. The highest BCUT2D eigenvalue weighted by molar-refractivity contribution is 6.09. The van der Waals surface area contributed by atoms with Crippen molar-refractivity contribution in [1.82, 2.24) is 5.43 Å². The molecule has 0 aliphatic carbocycles. The fraction of sp³-hybridized carbons (Fsp3) is 0. The molecule has 0 spiro atoms. The number of esters is 1. The van der Waals surface area contributed by atoms with E-state index in [0.29, 0.717) is 16.3 Å². The summed E-state index contributed by atoms with van der Waals surface area (Å²) in [5, 5.41) is 19.9. The topological polar surface area (TPSA) is 122 Å². The number of rotatable bonds is 3. The van der Waals surface area contributed by atoms with Crippen LogP contribution in [-0.4, -0.2) is 22.1 Å². The van der Waals surface area contributed by atoms with E-state index in [4.69, 9.17) is 10.6 Å². The van der Waals surface area contributed by atoms with Crippen molar-refractivity contribution in [3.8, 4) is 17.2 Å². The van der Waals surface area contributed by atoms with Crippen LogP contribution < -0.4 is 16.0 Å². The predicted molar refractivity (Wildman–Crippen MR) is 90.3 cm³/mol. The molecule has 0 aromatic heterocycles. The van der Waals surface area contributed by atoms with Gasteiger partial charge in [0.05, 0.1) is 5.56 Å². The molecule has 0 atom stereocenters. The maximum atomic E-state index is 12.3. The van der Waals surface area contributed by atoms with Crippen LogP contribution in [0.1, 0.15) is 20.7 Å². The van der Waals surface area contributed by atoms with Crippen LogP contribution in [0.3, 0.4) is 0 Å². The van der Waals surface area contributed by atoms with E-state index in [-0.39, 0.29) is 17.1 Å². The monoisotopic (exact) mass is 338 g/mol. The number of carbonyl (C=O) groups excluding carboxylic acids is 2. The van der Waals surface area contributed by atoms with E-state index in [1.807, 2.05) is 0 Å². The third-order valence-electron chi connectivity index (χ3n) is 3.67. The molecule has 0 saturated heterocycles. The molecule has 0 aliphatic rings. The third kappa shape index (κ3) is 3.08. The number of phenolic OH excluding ortho intramolecular Hbond substituents is 2. The normalized spacial score (nSPS) is 10.4. The van der Waals surface area contributed by atoms with Crippen molar-refractivity contribution in [2.24, 2.45) is 5.84 Å². The summed E-state index contributed by atoms with van der Waals surface area (Å²) >= 11 is 0. The van der Waals surface area contributed by atoms with Gasteiger partial charge in [0.1, 0.15) is 5.75 Å². The second-order valence-corrected chi connectivity index (χ2v) is 5.22. The summed E-state index contributed by atoms with van der Waals surface area (Å²) in [5.74, 6) is 3.51. The number of nitrogen functional groups attached to an aromatic ring is 1. The molecule has 25 heavy (non-hydrogen) atoms. The molecule has 1 amide bonds. The van der Waals surface area contributed by atoms with Crippen molar-refractivity contribution in [3.63, 3.8) is 0 Å². The average Bonchev–Trinajstić information content (AvgIpc) is 2.63. The number of hydrogen-bond acceptors (Lipinski definition) is 6. The van der Waals surface area contributed by atoms with Crippen LogP contribution in [0, 0.1) is 0 Å². The van der Waals surface area contributed by atoms with E-state index >= 15 is 0 Å². The summed E-state index contributed by atoms with van der Waals surface area (Å²) in [5.41, 5.74) is 2.49. The van der Waals surface area contributed by atoms with Gasteiger partial charge in [-0.05, 0) is 35.7 Å². The number of nitrogens with one attached hydrogen (secondary N) is 1. The molecule has 3 rings (SSSR count). The van der Waals surface area contributed by atoms with Crippen molar-refractivity contribution in [2.75, 3.05) is 0 Å². The first-order valence-corrected chi connectivity index (χ1v) is 7.28. The number of aromatic hydroxyl groups is 2. The summed E-state index contributed by atoms with van der Waals surface area (Å²) in [4.78, 5) is 24.1. The smallest absolute Gasteiger partial charge is 0.343 e. The average molecular weight is 338 g/mol. The highest BCUT2D eigenvalue weighted by Crippen LogP contribution is 2.30. The van der Waals surface area contributed by atoms with Crippen molar-refractivity contribution in [3.05, 3.63) is 65.7 Å². The summed E-state index contributed by atoms with van der Waals surface area (Å²) in [7, 11) is 0. The Hall–Kier alpha value is -3.58. The number of ether oxygens (including phenoxy) is 1. The van der Waals surface area contributed by atoms with Crippen LogP contribution in [0.15, 0.2) is 54.6 Å². The molecule has 0 unspecified atom stereocenters. The van der Waals surface area contributed by atoms with E-state index < -0.39 is 17.6 Å². The first-order valence-electron chi connectivity index (χ1n) is 7.28. The molecule has 0 radical (unpaired) electrons. The molecular formula is C18H14N2O5. The van der Waals surface area contributed by atoms with Gasteiger partial charge in [-0.25, -0.2) is 10.6 Å². The zero-order chi connectivity index (χ0) is 18.0. The number of amides is 1. The van der Waals surface area contributed by atoms with Gasteiger partial charge in [-0.15, -0.1) is 0 Å². The first kappa shape index (κ1) is 16.3. The van der Waals surface area contributed by atoms with Gasteiger partial charge in [0.15, 0.2) is 11.5 Å². The summed E-state index contributed by atoms with van der Waals surface area (Å²) in [6.07, 6.45) is 0. The number of hydrazine groups is 1. The number of fused-ring (bicyclic) bond motifs is 1. The highest BCUT2D eigenvalue weighted by atomic mass is 16.5. The van der Waals surface area contributed by atoms with Gasteiger partial charge in [0.2, 0.25) is 0 Å². The molecule has 0 fully saturated rings. The molecule has 7 nitrogen and oxygen atoms in total. The zero-order valence-electron chi connectivity index (χ0n) is 12.9. The van der Waals surface area contributed by atoms with Crippen molar-refractivity contribution in [2.45, 2.75) is 0 Å². The van der Waals surface area contributed by atoms with E-state index in [1.165, 1.54) is 24.3 Å². The van der Waals surface area contributed by atoms with E-state index in [9.17, 15) is 19.8 Å². The van der Waals surface area contributed by atoms with E-state index in [2.05, 4.69) is 5.43 Å². The first-order chi connectivity index (χ1) is 12.0. The molecule has 7 heteroatoms. The molecule has 5 N–H and O–H groups in total. The second kappa shape index (κ2) is 6.50. The Labute approximate surface area is 142 Å². The lowest BCUT2D eigenvalue weighted by atomic mass is 10.0. The quantitative estimate of drug-likeness (QED) is 0.145. The lowest BCUT2D eigenvalue weighted by molar-refractivity contribution is 0.0736. The Kier molecular flexibility index (Phi) is 4.23. The minimum atomic E-state index is -0.712. The van der Waals surface area contributed by atoms with Crippen molar-refractivity contribution < 1.29 is 24.5 Å². The Balaban J connectivity index is 2.00. The molecule has 0 aliphatic heterocycles. The number of carbonyl (C=O) groups is 2. The van der Waals surface area contributed by atoms with Crippen LogP contribution in [0.4, 0.5) is 0 Å². The van der Waals surface area contributed by atoms with Crippen LogP contribution in [0.2, 0.25) is 0 Å². The van der Waals surface area contributed by atoms with Gasteiger partial charge in [0, 0.05) is 10.9 Å². The van der Waals surface area contributed by atoms with Gasteiger partial charge in [-0.2, -0.15) is 0 Å². The molecule has 0 bridgehead atoms. The molecule has 3 aromatic rings. The molecule has 126 valence electrons. The Bertz CT molecular complexity index is 984. The molecular weight excluding hydrogens is 324 g/mol. The minimum Gasteiger partial charge on any atom is -0.504 e. The van der Waals surface area contributed by atoms with Crippen LogP contribution in [-0.2, 0) is 0 Å². The SMILES string of the molecule is NNC(=O)c1ccc(OC(=O)c2ccc(O)c(O)c2)c2ccccc12. The molecule has 0 heterocycles. The van der Waals surface area contributed by atoms with E-state index in [1.54, 1.807) is 24.3 Å². The Morgan fingerprint density at radius 2 is 1.64 bits per heavy atom. The number of hydrogen-bond donors (Lipinski definition) is 4. The maximum absolute atomic E-state index is 12.3. The number of nitrogens with two attached hydrogens (primary N) is 1. The minimum absolute atomic E-state index is 0.0724. The standard InChI is InChI=1S/C18H14N2O5/c19-20-17(23)13-6-8-16(12-4-2-1-3-11(12)13)25-18(24)10-5-7-14(21)15(22)9-10/h1-9,21-22H,19H2,(H,20,23). The largest absolute Gasteiger partial charge is 0.504 e. The van der Waals surface area contributed by atoms with Crippen LogP contribution in [0.25, 0.3) is 10.8 Å². The van der Waals surface area contributed by atoms with Crippen LogP contribution in [0.5, 0.6) is 17.2 Å². The van der Waals surface area contributed by atoms with Crippen molar-refractivity contribution in [1.29, 1.82) is 0 Å². The van der Waals surface area contributed by atoms with Crippen molar-refractivity contribution >= 4 is 22.6 Å². The van der Waals surface area contributed by atoms with Gasteiger partial charge >= 0.3 is 5.97 Å². The summed E-state index contributed by atoms with van der Waals surface area (Å²) in [6.45, 7) is 0. The number of phenols is 2.